The zero-order valence-electron chi connectivity index (χ0n) is 10.9. The number of hydrogen-bond acceptors (Lipinski definition) is 4. The molecular weight excluding hydrogens is 341 g/mol. The maximum atomic E-state index is 13.2. The lowest BCUT2D eigenvalue weighted by atomic mass is 10.2. The molecule has 0 spiro atoms. The van der Waals surface area contributed by atoms with Gasteiger partial charge in [0.25, 0.3) is 0 Å². The Kier molecular flexibility index (Phi) is 4.33. The number of halogens is 2. The number of anilines is 1. The first-order valence-corrected chi connectivity index (χ1v) is 8.20. The van der Waals surface area contributed by atoms with E-state index in [1.165, 1.54) is 6.07 Å². The second-order valence-electron chi connectivity index (χ2n) is 4.83. The third kappa shape index (κ3) is 3.19. The minimum atomic E-state index is -0.206. The van der Waals surface area contributed by atoms with Gasteiger partial charge in [0.15, 0.2) is 5.13 Å². The summed E-state index contributed by atoms with van der Waals surface area (Å²) in [5, 5.41) is 3.12. The van der Waals surface area contributed by atoms with E-state index in [2.05, 4.69) is 30.7 Å². The van der Waals surface area contributed by atoms with Gasteiger partial charge < -0.3 is 4.90 Å². The molecule has 6 heteroatoms. The van der Waals surface area contributed by atoms with Crippen LogP contribution >= 0.6 is 27.3 Å². The first-order valence-electron chi connectivity index (χ1n) is 6.53. The Balaban J connectivity index is 1.57. The molecule has 2 aromatic rings. The van der Waals surface area contributed by atoms with E-state index in [9.17, 15) is 4.39 Å². The van der Waals surface area contributed by atoms with Gasteiger partial charge in [-0.15, -0.1) is 11.3 Å². The lowest BCUT2D eigenvalue weighted by molar-refractivity contribution is 0.249. The molecule has 0 unspecified atom stereocenters. The molecular formula is C14H15BrFN3S. The number of piperazine rings is 1. The second-order valence-corrected chi connectivity index (χ2v) is 6.55. The summed E-state index contributed by atoms with van der Waals surface area (Å²) in [6.07, 6.45) is 1.85. The van der Waals surface area contributed by atoms with Crippen LogP contribution in [0.4, 0.5) is 9.52 Å². The smallest absolute Gasteiger partial charge is 0.185 e. The van der Waals surface area contributed by atoms with Crippen molar-refractivity contribution in [3.63, 3.8) is 0 Å². The molecule has 2 heterocycles. The predicted octanol–water partition coefficient (Wildman–Crippen LogP) is 3.37. The third-order valence-electron chi connectivity index (χ3n) is 3.45. The van der Waals surface area contributed by atoms with Crippen molar-refractivity contribution in [3.8, 4) is 0 Å². The predicted molar refractivity (Wildman–Crippen MR) is 83.7 cm³/mol. The maximum absolute atomic E-state index is 13.2. The van der Waals surface area contributed by atoms with Crippen molar-refractivity contribution in [2.24, 2.45) is 0 Å². The summed E-state index contributed by atoms with van der Waals surface area (Å²) in [5.41, 5.74) is 1.14. The molecule has 0 amide bonds. The summed E-state index contributed by atoms with van der Waals surface area (Å²) >= 11 is 4.92. The largest absolute Gasteiger partial charge is 0.346 e. The Morgan fingerprint density at radius 2 is 2.05 bits per heavy atom. The van der Waals surface area contributed by atoms with Crippen LogP contribution in [-0.4, -0.2) is 36.1 Å². The highest BCUT2D eigenvalue weighted by atomic mass is 79.9. The van der Waals surface area contributed by atoms with E-state index in [-0.39, 0.29) is 5.82 Å². The number of rotatable bonds is 3. The van der Waals surface area contributed by atoms with Gasteiger partial charge in [0.1, 0.15) is 5.82 Å². The number of thiazole rings is 1. The van der Waals surface area contributed by atoms with Crippen molar-refractivity contribution in [2.45, 2.75) is 6.54 Å². The molecule has 1 saturated heterocycles. The highest BCUT2D eigenvalue weighted by molar-refractivity contribution is 9.10. The van der Waals surface area contributed by atoms with Crippen LogP contribution in [0.25, 0.3) is 0 Å². The average molecular weight is 356 g/mol. The Morgan fingerprint density at radius 3 is 2.70 bits per heavy atom. The van der Waals surface area contributed by atoms with Crippen LogP contribution < -0.4 is 4.90 Å². The molecule has 1 fully saturated rings. The monoisotopic (exact) mass is 355 g/mol. The lowest BCUT2D eigenvalue weighted by Gasteiger charge is -2.34. The van der Waals surface area contributed by atoms with Crippen molar-refractivity contribution in [2.75, 3.05) is 31.1 Å². The van der Waals surface area contributed by atoms with Crippen LogP contribution in [0, 0.1) is 5.82 Å². The van der Waals surface area contributed by atoms with E-state index < -0.39 is 0 Å². The first kappa shape index (κ1) is 14.0. The van der Waals surface area contributed by atoms with Crippen LogP contribution in [0.3, 0.4) is 0 Å². The molecule has 1 aliphatic heterocycles. The van der Waals surface area contributed by atoms with Crippen molar-refractivity contribution in [3.05, 3.63) is 45.6 Å². The van der Waals surface area contributed by atoms with Crippen LogP contribution in [0.2, 0.25) is 0 Å². The van der Waals surface area contributed by atoms with Crippen molar-refractivity contribution >= 4 is 32.4 Å². The topological polar surface area (TPSA) is 19.4 Å². The quantitative estimate of drug-likeness (QED) is 0.841. The van der Waals surface area contributed by atoms with Crippen molar-refractivity contribution in [1.82, 2.24) is 9.88 Å². The fourth-order valence-corrected chi connectivity index (χ4v) is 3.49. The van der Waals surface area contributed by atoms with Gasteiger partial charge in [-0.2, -0.15) is 0 Å². The summed E-state index contributed by atoms with van der Waals surface area (Å²) < 4.78 is 13.8. The molecule has 0 atom stereocenters. The van der Waals surface area contributed by atoms with Crippen molar-refractivity contribution < 1.29 is 4.39 Å². The number of hydrogen-bond donors (Lipinski definition) is 0. The number of aromatic nitrogens is 1. The summed E-state index contributed by atoms with van der Waals surface area (Å²) in [6.45, 7) is 4.87. The number of benzene rings is 1. The lowest BCUT2D eigenvalue weighted by Crippen LogP contribution is -2.45. The molecule has 1 aromatic carbocycles. The molecule has 3 rings (SSSR count). The molecule has 106 valence electrons. The molecule has 0 N–H and O–H groups in total. The van der Waals surface area contributed by atoms with Crippen LogP contribution in [0.15, 0.2) is 34.2 Å². The van der Waals surface area contributed by atoms with Crippen LogP contribution in [0.5, 0.6) is 0 Å². The third-order valence-corrected chi connectivity index (χ3v) is 4.89. The molecule has 20 heavy (non-hydrogen) atoms. The molecule has 0 radical (unpaired) electrons. The molecule has 0 aliphatic carbocycles. The molecule has 0 saturated carbocycles. The van der Waals surface area contributed by atoms with Gasteiger partial charge in [-0.3, -0.25) is 4.90 Å². The fraction of sp³-hybridized carbons (Fsp3) is 0.357. The highest BCUT2D eigenvalue weighted by Gasteiger charge is 2.18. The molecule has 0 bridgehead atoms. The maximum Gasteiger partial charge on any atom is 0.185 e. The van der Waals surface area contributed by atoms with E-state index in [0.717, 1.165) is 43.4 Å². The van der Waals surface area contributed by atoms with Gasteiger partial charge in [-0.05, 0) is 33.6 Å². The van der Waals surface area contributed by atoms with Gasteiger partial charge in [0, 0.05) is 44.3 Å². The van der Waals surface area contributed by atoms with Gasteiger partial charge >= 0.3 is 0 Å². The minimum Gasteiger partial charge on any atom is -0.346 e. The number of nitrogens with zero attached hydrogens (tertiary/aromatic N) is 3. The Labute approximate surface area is 130 Å². The standard InChI is InChI=1S/C14H15BrFN3S/c15-12-9-11(1-2-13(12)16)10-18-4-6-19(7-5-18)14-17-3-8-20-14/h1-3,8-9H,4-7,10H2. The van der Waals surface area contributed by atoms with E-state index >= 15 is 0 Å². The van der Waals surface area contributed by atoms with Crippen LogP contribution in [-0.2, 0) is 6.54 Å². The SMILES string of the molecule is Fc1ccc(CN2CCN(c3nccs3)CC2)cc1Br. The van der Waals surface area contributed by atoms with Crippen molar-refractivity contribution in [1.29, 1.82) is 0 Å². The summed E-state index contributed by atoms with van der Waals surface area (Å²) in [4.78, 5) is 9.06. The van der Waals surface area contributed by atoms with Gasteiger partial charge in [-0.1, -0.05) is 6.07 Å². The summed E-state index contributed by atoms with van der Waals surface area (Å²) in [5.74, 6) is -0.206. The van der Waals surface area contributed by atoms with E-state index in [0.29, 0.717) is 4.47 Å². The molecule has 1 aromatic heterocycles. The minimum absolute atomic E-state index is 0.206. The second kappa shape index (κ2) is 6.20. The molecule has 1 aliphatic rings. The van der Waals surface area contributed by atoms with E-state index in [1.807, 2.05) is 23.7 Å². The summed E-state index contributed by atoms with van der Waals surface area (Å²) in [7, 11) is 0. The highest BCUT2D eigenvalue weighted by Crippen LogP contribution is 2.21. The van der Waals surface area contributed by atoms with E-state index in [1.54, 1.807) is 11.3 Å². The van der Waals surface area contributed by atoms with Gasteiger partial charge in [0.2, 0.25) is 0 Å². The van der Waals surface area contributed by atoms with Gasteiger partial charge in [0.05, 0.1) is 4.47 Å². The zero-order chi connectivity index (χ0) is 13.9. The Bertz CT molecular complexity index is 568. The van der Waals surface area contributed by atoms with Crippen LogP contribution in [0.1, 0.15) is 5.56 Å². The molecule has 3 nitrogen and oxygen atoms in total. The fourth-order valence-electron chi connectivity index (χ4n) is 2.37. The average Bonchev–Trinajstić information content (AvgIpc) is 2.98. The van der Waals surface area contributed by atoms with Gasteiger partial charge in [-0.25, -0.2) is 9.37 Å². The normalized spacial score (nSPS) is 16.6. The Morgan fingerprint density at radius 1 is 1.25 bits per heavy atom. The Hall–Kier alpha value is -0.980. The zero-order valence-corrected chi connectivity index (χ0v) is 13.3. The first-order chi connectivity index (χ1) is 9.72. The van der Waals surface area contributed by atoms with E-state index in [4.69, 9.17) is 0 Å². The summed E-state index contributed by atoms with van der Waals surface area (Å²) in [6, 6.07) is 5.24.